The molecule has 24 heavy (non-hydrogen) atoms. The first kappa shape index (κ1) is 17.3. The first-order chi connectivity index (χ1) is 11.6. The largest absolute Gasteiger partial charge is 0.497 e. The maximum absolute atomic E-state index is 12.2. The zero-order chi connectivity index (χ0) is 17.4. The van der Waals surface area contributed by atoms with Crippen molar-refractivity contribution in [2.24, 2.45) is 0 Å². The van der Waals surface area contributed by atoms with E-state index in [0.29, 0.717) is 11.3 Å². The van der Waals surface area contributed by atoms with E-state index in [1.54, 1.807) is 37.5 Å². The smallest absolute Gasteiger partial charge is 0.343 e. The Labute approximate surface area is 140 Å². The van der Waals surface area contributed by atoms with Crippen molar-refractivity contribution in [3.8, 4) is 11.5 Å². The molecule has 0 aliphatic heterocycles. The summed E-state index contributed by atoms with van der Waals surface area (Å²) in [5.74, 6) is 0.638. The second kappa shape index (κ2) is 8.53. The van der Waals surface area contributed by atoms with E-state index in [4.69, 9.17) is 9.47 Å². The number of hydrogen-bond acceptors (Lipinski definition) is 5. The summed E-state index contributed by atoms with van der Waals surface area (Å²) in [5.41, 5.74) is 1.40. The lowest BCUT2D eigenvalue weighted by Gasteiger charge is -2.05. The molecule has 0 aromatic heterocycles. The van der Waals surface area contributed by atoms with Crippen molar-refractivity contribution < 1.29 is 23.8 Å². The lowest BCUT2D eigenvalue weighted by atomic mass is 10.1. The van der Waals surface area contributed by atoms with Gasteiger partial charge < -0.3 is 14.2 Å². The Bertz CT molecular complexity index is 732. The van der Waals surface area contributed by atoms with Gasteiger partial charge in [-0.3, -0.25) is 4.79 Å². The lowest BCUT2D eigenvalue weighted by Crippen LogP contribution is -2.12. The Morgan fingerprint density at radius 2 is 1.75 bits per heavy atom. The summed E-state index contributed by atoms with van der Waals surface area (Å²) in [5, 5.41) is 0. The molecule has 0 radical (unpaired) electrons. The number of benzene rings is 2. The van der Waals surface area contributed by atoms with Crippen LogP contribution in [0.25, 0.3) is 6.08 Å². The predicted octanol–water partition coefficient (Wildman–Crippen LogP) is 3.14. The molecule has 124 valence electrons. The van der Waals surface area contributed by atoms with Crippen molar-refractivity contribution in [1.82, 2.24) is 0 Å². The van der Waals surface area contributed by atoms with E-state index in [2.05, 4.69) is 4.74 Å². The molecule has 2 rings (SSSR count). The second-order valence-electron chi connectivity index (χ2n) is 4.86. The number of rotatable bonds is 7. The third-order valence-electron chi connectivity index (χ3n) is 3.24. The highest BCUT2D eigenvalue weighted by molar-refractivity contribution is 6.06. The zero-order valence-corrected chi connectivity index (χ0v) is 13.5. The number of ether oxygens (including phenoxy) is 3. The highest BCUT2D eigenvalue weighted by atomic mass is 16.6. The molecule has 0 spiro atoms. The van der Waals surface area contributed by atoms with E-state index in [-0.39, 0.29) is 12.4 Å². The van der Waals surface area contributed by atoms with Gasteiger partial charge in [0, 0.05) is 5.56 Å². The minimum absolute atomic E-state index is 0.127. The van der Waals surface area contributed by atoms with Gasteiger partial charge in [-0.05, 0) is 48.0 Å². The molecule has 2 aromatic rings. The monoisotopic (exact) mass is 326 g/mol. The molecule has 0 bridgehead atoms. The fourth-order valence-corrected chi connectivity index (χ4v) is 1.93. The maximum Gasteiger partial charge on any atom is 0.343 e. The highest BCUT2D eigenvalue weighted by Gasteiger charge is 2.04. The van der Waals surface area contributed by atoms with Crippen molar-refractivity contribution in [1.29, 1.82) is 0 Å². The van der Waals surface area contributed by atoms with Crippen LogP contribution in [0, 0.1) is 0 Å². The van der Waals surface area contributed by atoms with Crippen LogP contribution >= 0.6 is 0 Å². The first-order valence-electron chi connectivity index (χ1n) is 7.28. The van der Waals surface area contributed by atoms with E-state index in [0.717, 1.165) is 11.3 Å². The first-order valence-corrected chi connectivity index (χ1v) is 7.28. The Balaban J connectivity index is 1.99. The number of carbonyl (C=O) groups excluding carboxylic acids is 2. The van der Waals surface area contributed by atoms with Gasteiger partial charge in [-0.15, -0.1) is 0 Å². The molecule has 0 amide bonds. The molecular weight excluding hydrogens is 308 g/mol. The van der Waals surface area contributed by atoms with Crippen LogP contribution in [-0.2, 0) is 9.53 Å². The fraction of sp³-hybridized carbons (Fsp3) is 0.158. The van der Waals surface area contributed by atoms with E-state index < -0.39 is 5.97 Å². The van der Waals surface area contributed by atoms with Crippen LogP contribution < -0.4 is 9.47 Å². The van der Waals surface area contributed by atoms with E-state index in [1.165, 1.54) is 13.2 Å². The summed E-state index contributed by atoms with van der Waals surface area (Å²) in [4.78, 5) is 23.2. The second-order valence-corrected chi connectivity index (χ2v) is 4.86. The van der Waals surface area contributed by atoms with Crippen molar-refractivity contribution >= 4 is 17.8 Å². The average Bonchev–Trinajstić information content (AvgIpc) is 2.64. The summed E-state index contributed by atoms with van der Waals surface area (Å²) in [6.07, 6.45) is 3.23. The molecule has 0 fully saturated rings. The summed E-state index contributed by atoms with van der Waals surface area (Å²) in [6, 6.07) is 14.0. The van der Waals surface area contributed by atoms with Crippen LogP contribution in [0.5, 0.6) is 11.5 Å². The molecule has 0 aliphatic carbocycles. The van der Waals surface area contributed by atoms with Gasteiger partial charge in [0.2, 0.25) is 0 Å². The van der Waals surface area contributed by atoms with Crippen molar-refractivity contribution in [2.45, 2.75) is 0 Å². The van der Waals surface area contributed by atoms with Crippen LogP contribution in [0.15, 0.2) is 54.6 Å². The summed E-state index contributed by atoms with van der Waals surface area (Å²) < 4.78 is 14.9. The molecule has 0 atom stereocenters. The van der Waals surface area contributed by atoms with Crippen molar-refractivity contribution in [3.05, 3.63) is 65.7 Å². The molecule has 0 heterocycles. The molecule has 0 saturated carbocycles. The van der Waals surface area contributed by atoms with Gasteiger partial charge in [-0.1, -0.05) is 18.2 Å². The van der Waals surface area contributed by atoms with Gasteiger partial charge in [0.1, 0.15) is 11.5 Å². The van der Waals surface area contributed by atoms with Crippen LogP contribution in [0.4, 0.5) is 0 Å². The minimum Gasteiger partial charge on any atom is -0.497 e. The van der Waals surface area contributed by atoms with Gasteiger partial charge in [0.25, 0.3) is 0 Å². The summed E-state index contributed by atoms with van der Waals surface area (Å²) >= 11 is 0. The van der Waals surface area contributed by atoms with Gasteiger partial charge >= 0.3 is 5.97 Å². The van der Waals surface area contributed by atoms with Gasteiger partial charge in [-0.25, -0.2) is 4.79 Å². The van der Waals surface area contributed by atoms with Crippen LogP contribution in [0.1, 0.15) is 15.9 Å². The summed E-state index contributed by atoms with van der Waals surface area (Å²) in [7, 11) is 2.89. The molecule has 2 aromatic carbocycles. The third kappa shape index (κ3) is 4.98. The number of methoxy groups -OCH3 is 2. The molecule has 0 unspecified atom stereocenters. The molecule has 5 heteroatoms. The van der Waals surface area contributed by atoms with E-state index in [9.17, 15) is 9.59 Å². The third-order valence-corrected chi connectivity index (χ3v) is 3.24. The Kier molecular flexibility index (Phi) is 6.14. The minimum atomic E-state index is -0.462. The standard InChI is InChI=1S/C19H18O5/c1-22-17-5-3-4-14(12-17)6-11-18(20)15-7-9-16(10-8-15)24-13-19(21)23-2/h3-12H,13H2,1-2H3/b11-6+. The van der Waals surface area contributed by atoms with E-state index in [1.807, 2.05) is 24.3 Å². The quantitative estimate of drug-likeness (QED) is 0.444. The molecule has 0 aliphatic rings. The van der Waals surface area contributed by atoms with Gasteiger partial charge in [-0.2, -0.15) is 0 Å². The SMILES string of the molecule is COC(=O)COc1ccc(C(=O)/C=C/c2cccc(OC)c2)cc1. The zero-order valence-electron chi connectivity index (χ0n) is 13.5. The van der Waals surface area contributed by atoms with Gasteiger partial charge in [0.15, 0.2) is 12.4 Å². The number of hydrogen-bond donors (Lipinski definition) is 0. The van der Waals surface area contributed by atoms with Gasteiger partial charge in [0.05, 0.1) is 14.2 Å². The number of carbonyl (C=O) groups is 2. The van der Waals surface area contributed by atoms with Crippen LogP contribution in [0.3, 0.4) is 0 Å². The molecular formula is C19H18O5. The maximum atomic E-state index is 12.2. The topological polar surface area (TPSA) is 61.8 Å². The van der Waals surface area contributed by atoms with Crippen LogP contribution in [0.2, 0.25) is 0 Å². The molecule has 0 saturated heterocycles. The number of allylic oxidation sites excluding steroid dienone is 1. The average molecular weight is 326 g/mol. The Morgan fingerprint density at radius 3 is 2.42 bits per heavy atom. The predicted molar refractivity (Wildman–Crippen MR) is 90.3 cm³/mol. The summed E-state index contributed by atoms with van der Waals surface area (Å²) in [6.45, 7) is -0.167. The number of esters is 1. The number of ketones is 1. The van der Waals surface area contributed by atoms with Crippen molar-refractivity contribution in [3.63, 3.8) is 0 Å². The molecule has 0 N–H and O–H groups in total. The van der Waals surface area contributed by atoms with Crippen molar-refractivity contribution in [2.75, 3.05) is 20.8 Å². The fourth-order valence-electron chi connectivity index (χ4n) is 1.93. The lowest BCUT2D eigenvalue weighted by molar-refractivity contribution is -0.142. The highest BCUT2D eigenvalue weighted by Crippen LogP contribution is 2.16. The normalized spacial score (nSPS) is 10.4. The Morgan fingerprint density at radius 1 is 1.00 bits per heavy atom. The Hall–Kier alpha value is -3.08. The van der Waals surface area contributed by atoms with E-state index >= 15 is 0 Å². The molecule has 5 nitrogen and oxygen atoms in total. The van der Waals surface area contributed by atoms with Crippen LogP contribution in [-0.4, -0.2) is 32.6 Å².